The van der Waals surface area contributed by atoms with E-state index in [0.717, 1.165) is 0 Å². The summed E-state index contributed by atoms with van der Waals surface area (Å²) in [7, 11) is 0. The number of nitrogens with zero attached hydrogens (tertiary/aromatic N) is 1. The molecule has 0 aliphatic rings. The van der Waals surface area contributed by atoms with Crippen molar-refractivity contribution in [3.63, 3.8) is 0 Å². The first-order valence-corrected chi connectivity index (χ1v) is 5.36. The molecule has 0 unspecified atom stereocenters. The molecule has 0 rings (SSSR count). The highest BCUT2D eigenvalue weighted by molar-refractivity contribution is 5.77. The molecule has 0 aromatic rings. The summed E-state index contributed by atoms with van der Waals surface area (Å²) < 4.78 is 0. The maximum atomic E-state index is 11.6. The van der Waals surface area contributed by atoms with Gasteiger partial charge in [-0.25, -0.2) is 11.7 Å². The number of nitrogens with one attached hydrogen (secondary N) is 1. The third-order valence-corrected chi connectivity index (χ3v) is 2.20. The maximum absolute atomic E-state index is 11.6. The SMILES string of the molecule is CC(C)(C)N(N)C(=O)CCCCC(=O)NN. The molecule has 0 aromatic carbocycles. The molecule has 6 nitrogen and oxygen atoms in total. The first-order valence-electron chi connectivity index (χ1n) is 5.36. The molecule has 0 saturated heterocycles. The van der Waals surface area contributed by atoms with Gasteiger partial charge in [-0.05, 0) is 33.6 Å². The van der Waals surface area contributed by atoms with Crippen molar-refractivity contribution in [1.82, 2.24) is 10.4 Å². The van der Waals surface area contributed by atoms with Crippen LogP contribution in [0.4, 0.5) is 0 Å². The van der Waals surface area contributed by atoms with Crippen LogP contribution in [0.5, 0.6) is 0 Å². The van der Waals surface area contributed by atoms with Crippen LogP contribution in [-0.2, 0) is 9.59 Å². The van der Waals surface area contributed by atoms with Gasteiger partial charge in [-0.15, -0.1) is 0 Å². The second-order valence-electron chi connectivity index (χ2n) is 4.71. The average Bonchev–Trinajstić information content (AvgIpc) is 2.21. The Morgan fingerprint density at radius 1 is 1.19 bits per heavy atom. The number of unbranched alkanes of at least 4 members (excludes halogenated alkanes) is 1. The molecule has 0 aromatic heterocycles. The Balaban J connectivity index is 3.78. The van der Waals surface area contributed by atoms with E-state index in [0.29, 0.717) is 25.7 Å². The van der Waals surface area contributed by atoms with E-state index in [2.05, 4.69) is 0 Å². The Hall–Kier alpha value is -1.14. The molecule has 0 aliphatic heterocycles. The summed E-state index contributed by atoms with van der Waals surface area (Å²) in [6.07, 6.45) is 1.96. The summed E-state index contributed by atoms with van der Waals surface area (Å²) in [5, 5.41) is 1.23. The van der Waals surface area contributed by atoms with Crippen LogP contribution in [0.15, 0.2) is 0 Å². The number of rotatable bonds is 5. The van der Waals surface area contributed by atoms with Crippen molar-refractivity contribution < 1.29 is 9.59 Å². The average molecular weight is 230 g/mol. The van der Waals surface area contributed by atoms with E-state index in [1.54, 1.807) is 0 Å². The van der Waals surface area contributed by atoms with Gasteiger partial charge < -0.3 is 0 Å². The molecule has 16 heavy (non-hydrogen) atoms. The molecular weight excluding hydrogens is 208 g/mol. The Bertz CT molecular complexity index is 248. The van der Waals surface area contributed by atoms with Crippen LogP contribution in [0, 0.1) is 0 Å². The largest absolute Gasteiger partial charge is 0.294 e. The molecule has 0 atom stereocenters. The monoisotopic (exact) mass is 230 g/mol. The van der Waals surface area contributed by atoms with E-state index in [1.165, 1.54) is 5.01 Å². The third-order valence-electron chi connectivity index (χ3n) is 2.20. The predicted octanol–water partition coefficient (Wildman–Crippen LogP) is 0.0375. The molecule has 0 saturated carbocycles. The van der Waals surface area contributed by atoms with Crippen LogP contribution >= 0.6 is 0 Å². The Morgan fingerprint density at radius 3 is 2.12 bits per heavy atom. The van der Waals surface area contributed by atoms with Crippen LogP contribution in [0.3, 0.4) is 0 Å². The summed E-state index contributed by atoms with van der Waals surface area (Å²) in [4.78, 5) is 22.4. The molecule has 0 bridgehead atoms. The lowest BCUT2D eigenvalue weighted by Gasteiger charge is -2.31. The van der Waals surface area contributed by atoms with Gasteiger partial charge in [0, 0.05) is 12.8 Å². The Labute approximate surface area is 96.3 Å². The summed E-state index contributed by atoms with van der Waals surface area (Å²) in [5.74, 6) is 10.2. The highest BCUT2D eigenvalue weighted by Gasteiger charge is 2.22. The summed E-state index contributed by atoms with van der Waals surface area (Å²) >= 11 is 0. The standard InChI is InChI=1S/C10H22N4O2/c1-10(2,3)14(12)9(16)7-5-4-6-8(15)13-11/h4-7,11-12H2,1-3H3,(H,13,15). The van der Waals surface area contributed by atoms with Crippen LogP contribution in [-0.4, -0.2) is 22.4 Å². The van der Waals surface area contributed by atoms with Crippen molar-refractivity contribution in [2.75, 3.05) is 0 Å². The van der Waals surface area contributed by atoms with E-state index in [9.17, 15) is 9.59 Å². The fourth-order valence-corrected chi connectivity index (χ4v) is 1.13. The summed E-state index contributed by atoms with van der Waals surface area (Å²) in [6.45, 7) is 5.60. The predicted molar refractivity (Wildman–Crippen MR) is 61.6 cm³/mol. The number of amides is 2. The number of hydrogen-bond donors (Lipinski definition) is 3. The smallest absolute Gasteiger partial charge is 0.236 e. The van der Waals surface area contributed by atoms with Gasteiger partial charge in [0.05, 0.1) is 5.54 Å². The van der Waals surface area contributed by atoms with E-state index in [1.807, 2.05) is 26.2 Å². The van der Waals surface area contributed by atoms with Gasteiger partial charge in [0.2, 0.25) is 11.8 Å². The molecule has 0 fully saturated rings. The van der Waals surface area contributed by atoms with E-state index >= 15 is 0 Å². The molecule has 94 valence electrons. The van der Waals surface area contributed by atoms with Crippen molar-refractivity contribution >= 4 is 11.8 Å². The van der Waals surface area contributed by atoms with Crippen LogP contribution in [0.25, 0.3) is 0 Å². The second-order valence-corrected chi connectivity index (χ2v) is 4.71. The van der Waals surface area contributed by atoms with E-state index in [-0.39, 0.29) is 17.4 Å². The molecule has 0 heterocycles. The van der Waals surface area contributed by atoms with E-state index in [4.69, 9.17) is 11.7 Å². The van der Waals surface area contributed by atoms with Crippen LogP contribution in [0.2, 0.25) is 0 Å². The normalized spacial score (nSPS) is 11.1. The second kappa shape index (κ2) is 6.44. The van der Waals surface area contributed by atoms with Crippen molar-refractivity contribution in [2.45, 2.75) is 52.0 Å². The molecule has 5 N–H and O–H groups in total. The zero-order valence-electron chi connectivity index (χ0n) is 10.2. The van der Waals surface area contributed by atoms with Gasteiger partial charge in [0.15, 0.2) is 0 Å². The number of nitrogens with two attached hydrogens (primary N) is 2. The highest BCUT2D eigenvalue weighted by atomic mass is 16.2. The van der Waals surface area contributed by atoms with Gasteiger partial charge in [0.1, 0.15) is 0 Å². The topological polar surface area (TPSA) is 101 Å². The molecule has 2 amide bonds. The highest BCUT2D eigenvalue weighted by Crippen LogP contribution is 2.11. The summed E-state index contributed by atoms with van der Waals surface area (Å²) in [6, 6.07) is 0. The first-order chi connectivity index (χ1) is 7.29. The van der Waals surface area contributed by atoms with Gasteiger partial charge in [-0.3, -0.25) is 20.0 Å². The molecule has 0 spiro atoms. The van der Waals surface area contributed by atoms with Gasteiger partial charge in [-0.1, -0.05) is 0 Å². The van der Waals surface area contributed by atoms with Crippen molar-refractivity contribution in [1.29, 1.82) is 0 Å². The minimum Gasteiger partial charge on any atom is -0.294 e. The third kappa shape index (κ3) is 5.67. The van der Waals surface area contributed by atoms with Gasteiger partial charge in [0.25, 0.3) is 0 Å². The van der Waals surface area contributed by atoms with Gasteiger partial charge >= 0.3 is 0 Å². The van der Waals surface area contributed by atoms with Gasteiger partial charge in [-0.2, -0.15) is 0 Å². The fourth-order valence-electron chi connectivity index (χ4n) is 1.13. The minimum atomic E-state index is -0.369. The lowest BCUT2D eigenvalue weighted by atomic mass is 10.1. The lowest BCUT2D eigenvalue weighted by Crippen LogP contribution is -2.50. The Kier molecular flexibility index (Phi) is 5.98. The molecule has 6 heteroatoms. The quantitative estimate of drug-likeness (QED) is 0.268. The van der Waals surface area contributed by atoms with Crippen LogP contribution in [0.1, 0.15) is 46.5 Å². The fraction of sp³-hybridized carbons (Fsp3) is 0.800. The zero-order chi connectivity index (χ0) is 12.8. The van der Waals surface area contributed by atoms with Crippen molar-refractivity contribution in [3.8, 4) is 0 Å². The van der Waals surface area contributed by atoms with E-state index < -0.39 is 0 Å². The van der Waals surface area contributed by atoms with Crippen molar-refractivity contribution in [3.05, 3.63) is 0 Å². The minimum absolute atomic E-state index is 0.111. The number of carbonyl (C=O) groups excluding carboxylic acids is 2. The zero-order valence-corrected chi connectivity index (χ0v) is 10.2. The molecular formula is C10H22N4O2. The Morgan fingerprint density at radius 2 is 1.69 bits per heavy atom. The number of hydrogen-bond acceptors (Lipinski definition) is 4. The maximum Gasteiger partial charge on any atom is 0.236 e. The first kappa shape index (κ1) is 14.9. The molecule has 0 aliphatic carbocycles. The number of carbonyl (C=O) groups is 2. The molecule has 0 radical (unpaired) electrons. The lowest BCUT2D eigenvalue weighted by molar-refractivity contribution is -0.136. The van der Waals surface area contributed by atoms with Crippen molar-refractivity contribution in [2.24, 2.45) is 11.7 Å². The van der Waals surface area contributed by atoms with Crippen LogP contribution < -0.4 is 17.1 Å². The number of hydrazine groups is 2. The summed E-state index contributed by atoms with van der Waals surface area (Å²) in [5.41, 5.74) is 1.67.